The number of nitrogens with zero attached hydrogens (tertiary/aromatic N) is 1. The van der Waals surface area contributed by atoms with Crippen molar-refractivity contribution in [3.63, 3.8) is 0 Å². The van der Waals surface area contributed by atoms with E-state index in [0.717, 1.165) is 50.2 Å². The summed E-state index contributed by atoms with van der Waals surface area (Å²) < 4.78 is 5.84. The van der Waals surface area contributed by atoms with Crippen LogP contribution in [0.4, 0.5) is 10.6 Å². The SMILES string of the molecule is CC(C)(C)NC(=O)N[C@@H](CCOC1CC(CCc2ccc3c(n2)NCCC3)C1)C(=O)O. The summed E-state index contributed by atoms with van der Waals surface area (Å²) >= 11 is 0. The number of pyridine rings is 1. The summed E-state index contributed by atoms with van der Waals surface area (Å²) in [5.41, 5.74) is 2.04. The molecule has 31 heavy (non-hydrogen) atoms. The molecule has 1 fully saturated rings. The van der Waals surface area contributed by atoms with E-state index in [-0.39, 0.29) is 12.5 Å². The maximum Gasteiger partial charge on any atom is 0.326 e. The molecule has 1 aromatic rings. The number of carbonyl (C=O) groups excluding carboxylic acids is 1. The lowest BCUT2D eigenvalue weighted by Gasteiger charge is -2.35. The Kier molecular flexibility index (Phi) is 7.75. The van der Waals surface area contributed by atoms with Crippen molar-refractivity contribution in [2.75, 3.05) is 18.5 Å². The van der Waals surface area contributed by atoms with Gasteiger partial charge < -0.3 is 25.8 Å². The zero-order valence-corrected chi connectivity index (χ0v) is 18.9. The molecule has 3 rings (SSSR count). The molecule has 1 aromatic heterocycles. The Bertz CT molecular complexity index is 771. The molecule has 4 N–H and O–H groups in total. The van der Waals surface area contributed by atoms with E-state index in [4.69, 9.17) is 9.72 Å². The van der Waals surface area contributed by atoms with E-state index in [0.29, 0.717) is 12.5 Å². The monoisotopic (exact) mass is 432 g/mol. The van der Waals surface area contributed by atoms with Crippen LogP contribution >= 0.6 is 0 Å². The number of aliphatic carboxylic acids is 1. The lowest BCUT2D eigenvalue weighted by molar-refractivity contribution is -0.140. The quantitative estimate of drug-likeness (QED) is 0.477. The van der Waals surface area contributed by atoms with Crippen molar-refractivity contribution in [1.82, 2.24) is 15.6 Å². The van der Waals surface area contributed by atoms with Gasteiger partial charge in [-0.25, -0.2) is 14.6 Å². The van der Waals surface area contributed by atoms with Gasteiger partial charge in [0.15, 0.2) is 0 Å². The van der Waals surface area contributed by atoms with E-state index in [1.807, 2.05) is 20.8 Å². The van der Waals surface area contributed by atoms with E-state index in [2.05, 4.69) is 28.1 Å². The number of fused-ring (bicyclic) bond motifs is 1. The average Bonchev–Trinajstić information content (AvgIpc) is 2.66. The zero-order chi connectivity index (χ0) is 22.4. The second-order valence-electron chi connectivity index (χ2n) is 9.74. The third kappa shape index (κ3) is 7.38. The summed E-state index contributed by atoms with van der Waals surface area (Å²) in [7, 11) is 0. The Balaban J connectivity index is 1.31. The Morgan fingerprint density at radius 2 is 2.10 bits per heavy atom. The van der Waals surface area contributed by atoms with Gasteiger partial charge in [-0.05, 0) is 76.8 Å². The maximum atomic E-state index is 11.9. The van der Waals surface area contributed by atoms with Crippen LogP contribution in [0.5, 0.6) is 0 Å². The third-order valence-electron chi connectivity index (χ3n) is 5.81. The average molecular weight is 433 g/mol. The van der Waals surface area contributed by atoms with Crippen molar-refractivity contribution in [3.8, 4) is 0 Å². The van der Waals surface area contributed by atoms with Crippen LogP contribution in [-0.2, 0) is 22.4 Å². The van der Waals surface area contributed by atoms with E-state index in [1.54, 1.807) is 0 Å². The number of urea groups is 1. The fourth-order valence-electron chi connectivity index (χ4n) is 4.05. The minimum absolute atomic E-state index is 0.181. The minimum atomic E-state index is -1.05. The van der Waals surface area contributed by atoms with Crippen LogP contribution in [0, 0.1) is 5.92 Å². The normalized spacial score (nSPS) is 21.3. The number of carboxylic acid groups (broad SMARTS) is 1. The van der Waals surface area contributed by atoms with Crippen molar-refractivity contribution in [3.05, 3.63) is 23.4 Å². The number of hydrogen-bond acceptors (Lipinski definition) is 5. The van der Waals surface area contributed by atoms with Gasteiger partial charge in [-0.1, -0.05) is 6.07 Å². The van der Waals surface area contributed by atoms with Crippen LogP contribution in [0.2, 0.25) is 0 Å². The number of carboxylic acids is 1. The first-order chi connectivity index (χ1) is 14.7. The number of hydrogen-bond donors (Lipinski definition) is 4. The smallest absolute Gasteiger partial charge is 0.326 e. The van der Waals surface area contributed by atoms with Crippen LogP contribution in [0.3, 0.4) is 0 Å². The molecule has 0 aromatic carbocycles. The van der Waals surface area contributed by atoms with Gasteiger partial charge in [0, 0.05) is 30.8 Å². The summed E-state index contributed by atoms with van der Waals surface area (Å²) in [6, 6.07) is 2.91. The van der Waals surface area contributed by atoms with E-state index in [9.17, 15) is 14.7 Å². The Morgan fingerprint density at radius 1 is 1.32 bits per heavy atom. The summed E-state index contributed by atoms with van der Waals surface area (Å²) in [5, 5.41) is 18.0. The van der Waals surface area contributed by atoms with Crippen LogP contribution in [0.25, 0.3) is 0 Å². The lowest BCUT2D eigenvalue weighted by Crippen LogP contribution is -2.52. The molecule has 1 aliphatic heterocycles. The van der Waals surface area contributed by atoms with Gasteiger partial charge in [-0.15, -0.1) is 0 Å². The molecule has 1 aliphatic carbocycles. The summed E-state index contributed by atoms with van der Waals surface area (Å²) in [4.78, 5) is 28.1. The zero-order valence-electron chi connectivity index (χ0n) is 18.9. The number of rotatable bonds is 9. The van der Waals surface area contributed by atoms with Gasteiger partial charge in [0.1, 0.15) is 11.9 Å². The third-order valence-corrected chi connectivity index (χ3v) is 5.81. The molecule has 172 valence electrons. The molecule has 8 heteroatoms. The molecule has 0 saturated heterocycles. The summed E-state index contributed by atoms with van der Waals surface area (Å²) in [6.07, 6.45) is 6.78. The first kappa shape index (κ1) is 23.3. The van der Waals surface area contributed by atoms with Crippen LogP contribution in [0.1, 0.15) is 64.1 Å². The van der Waals surface area contributed by atoms with Crippen molar-refractivity contribution in [2.24, 2.45) is 5.92 Å². The number of anilines is 1. The topological polar surface area (TPSA) is 113 Å². The molecule has 1 saturated carbocycles. The molecular weight excluding hydrogens is 396 g/mol. The molecule has 0 unspecified atom stereocenters. The number of amides is 2. The largest absolute Gasteiger partial charge is 0.480 e. The van der Waals surface area contributed by atoms with Crippen LogP contribution in [0.15, 0.2) is 12.1 Å². The highest BCUT2D eigenvalue weighted by atomic mass is 16.5. The van der Waals surface area contributed by atoms with E-state index >= 15 is 0 Å². The number of ether oxygens (including phenoxy) is 1. The fourth-order valence-corrected chi connectivity index (χ4v) is 4.05. The molecule has 0 spiro atoms. The molecule has 2 heterocycles. The lowest BCUT2D eigenvalue weighted by atomic mass is 9.79. The summed E-state index contributed by atoms with van der Waals surface area (Å²) in [6.45, 7) is 6.86. The predicted octanol–water partition coefficient (Wildman–Crippen LogP) is 3.11. The van der Waals surface area contributed by atoms with Crippen LogP contribution in [-0.4, -0.2) is 52.9 Å². The first-order valence-electron chi connectivity index (χ1n) is 11.4. The summed E-state index contributed by atoms with van der Waals surface area (Å²) in [5.74, 6) is 0.629. The van der Waals surface area contributed by atoms with Gasteiger partial charge >= 0.3 is 12.0 Å². The Hall–Kier alpha value is -2.35. The van der Waals surface area contributed by atoms with Gasteiger partial charge in [0.2, 0.25) is 0 Å². The number of nitrogens with one attached hydrogen (secondary N) is 3. The van der Waals surface area contributed by atoms with Crippen LogP contribution < -0.4 is 16.0 Å². The molecule has 0 bridgehead atoms. The first-order valence-corrected chi connectivity index (χ1v) is 11.4. The molecule has 0 radical (unpaired) electrons. The second kappa shape index (κ2) is 10.3. The second-order valence-corrected chi connectivity index (χ2v) is 9.74. The highest BCUT2D eigenvalue weighted by Gasteiger charge is 2.30. The maximum absolute atomic E-state index is 11.9. The molecular formula is C23H36N4O4. The van der Waals surface area contributed by atoms with Crippen molar-refractivity contribution < 1.29 is 19.4 Å². The van der Waals surface area contributed by atoms with Crippen molar-refractivity contribution in [1.29, 1.82) is 0 Å². The van der Waals surface area contributed by atoms with Gasteiger partial charge in [-0.2, -0.15) is 0 Å². The Morgan fingerprint density at radius 3 is 2.81 bits per heavy atom. The van der Waals surface area contributed by atoms with Gasteiger partial charge in [-0.3, -0.25) is 0 Å². The highest BCUT2D eigenvalue weighted by molar-refractivity contribution is 5.82. The highest BCUT2D eigenvalue weighted by Crippen LogP contribution is 2.34. The molecule has 8 nitrogen and oxygen atoms in total. The standard InChI is InChI=1S/C23H36N4O4/c1-23(2,3)27-22(30)26-19(21(28)29)10-12-31-18-13-15(14-18)6-8-17-9-7-16-5-4-11-24-20(16)25-17/h7,9,15,18-19H,4-6,8,10-14H2,1-3H3,(H,24,25)(H,28,29)(H2,26,27,30)/t15?,18?,19-/m0/s1. The number of aromatic nitrogens is 1. The number of carbonyl (C=O) groups is 2. The van der Waals surface area contributed by atoms with Crippen molar-refractivity contribution >= 4 is 17.8 Å². The number of aryl methyl sites for hydroxylation is 2. The van der Waals surface area contributed by atoms with E-state index < -0.39 is 23.6 Å². The molecule has 1 atom stereocenters. The predicted molar refractivity (Wildman–Crippen MR) is 119 cm³/mol. The Labute approximate surface area is 184 Å². The van der Waals surface area contributed by atoms with Gasteiger partial charge in [0.05, 0.1) is 6.10 Å². The van der Waals surface area contributed by atoms with Crippen molar-refractivity contribution in [2.45, 2.75) is 83.4 Å². The fraction of sp³-hybridized carbons (Fsp3) is 0.696. The molecule has 2 aliphatic rings. The van der Waals surface area contributed by atoms with E-state index in [1.165, 1.54) is 12.0 Å². The van der Waals surface area contributed by atoms with Gasteiger partial charge in [0.25, 0.3) is 0 Å². The minimum Gasteiger partial charge on any atom is -0.480 e. The molecule has 2 amide bonds.